The van der Waals surface area contributed by atoms with E-state index in [2.05, 4.69) is 11.4 Å². The number of nitrogens with one attached hydrogen (secondary N) is 1. The quantitative estimate of drug-likeness (QED) is 0.825. The molecule has 16 heavy (non-hydrogen) atoms. The van der Waals surface area contributed by atoms with E-state index >= 15 is 0 Å². The van der Waals surface area contributed by atoms with Gasteiger partial charge in [-0.25, -0.2) is 0 Å². The SMILES string of the molecule is CNC(=O)C(C)N(C)c1ccc(C#N)cc1. The molecule has 0 fully saturated rings. The summed E-state index contributed by atoms with van der Waals surface area (Å²) in [6.45, 7) is 1.83. The van der Waals surface area contributed by atoms with Gasteiger partial charge in [-0.2, -0.15) is 5.26 Å². The summed E-state index contributed by atoms with van der Waals surface area (Å²) in [5.74, 6) is -0.0353. The minimum Gasteiger partial charge on any atom is -0.363 e. The van der Waals surface area contributed by atoms with Crippen LogP contribution < -0.4 is 10.2 Å². The summed E-state index contributed by atoms with van der Waals surface area (Å²) in [6, 6.07) is 8.96. The summed E-state index contributed by atoms with van der Waals surface area (Å²) in [7, 11) is 3.47. The summed E-state index contributed by atoms with van der Waals surface area (Å²) in [5.41, 5.74) is 1.53. The zero-order valence-corrected chi connectivity index (χ0v) is 9.69. The maximum absolute atomic E-state index is 11.4. The van der Waals surface area contributed by atoms with Crippen molar-refractivity contribution in [2.24, 2.45) is 0 Å². The fourth-order valence-electron chi connectivity index (χ4n) is 1.38. The lowest BCUT2D eigenvalue weighted by molar-refractivity contribution is -0.121. The second-order valence-electron chi connectivity index (χ2n) is 3.56. The number of nitrogens with zero attached hydrogens (tertiary/aromatic N) is 2. The van der Waals surface area contributed by atoms with E-state index < -0.39 is 0 Å². The molecule has 0 bridgehead atoms. The van der Waals surface area contributed by atoms with Crippen molar-refractivity contribution in [1.29, 1.82) is 5.26 Å². The average molecular weight is 217 g/mol. The van der Waals surface area contributed by atoms with Crippen LogP contribution in [0.3, 0.4) is 0 Å². The van der Waals surface area contributed by atoms with E-state index in [1.54, 1.807) is 19.2 Å². The number of likely N-dealkylation sites (N-methyl/N-ethyl adjacent to an activating group) is 2. The van der Waals surface area contributed by atoms with E-state index in [-0.39, 0.29) is 11.9 Å². The highest BCUT2D eigenvalue weighted by molar-refractivity contribution is 5.84. The van der Waals surface area contributed by atoms with Gasteiger partial charge in [-0.15, -0.1) is 0 Å². The molecule has 0 aliphatic rings. The Morgan fingerprint density at radius 2 is 2.00 bits per heavy atom. The van der Waals surface area contributed by atoms with Gasteiger partial charge in [0.1, 0.15) is 6.04 Å². The standard InChI is InChI=1S/C12H15N3O/c1-9(12(16)14-2)15(3)11-6-4-10(8-13)5-7-11/h4-7,9H,1-3H3,(H,14,16). The van der Waals surface area contributed by atoms with Gasteiger partial charge < -0.3 is 10.2 Å². The van der Waals surface area contributed by atoms with Gasteiger partial charge in [0.15, 0.2) is 0 Å². The summed E-state index contributed by atoms with van der Waals surface area (Å²) in [4.78, 5) is 13.3. The second kappa shape index (κ2) is 5.17. The first kappa shape index (κ1) is 12.1. The highest BCUT2D eigenvalue weighted by atomic mass is 16.2. The van der Waals surface area contributed by atoms with Crippen LogP contribution in [0.2, 0.25) is 0 Å². The molecule has 4 heteroatoms. The van der Waals surface area contributed by atoms with E-state index in [0.717, 1.165) is 5.69 Å². The van der Waals surface area contributed by atoms with Crippen molar-refractivity contribution in [1.82, 2.24) is 5.32 Å². The predicted octanol–water partition coefficient (Wildman–Crippen LogP) is 1.13. The Morgan fingerprint density at radius 1 is 1.44 bits per heavy atom. The number of amides is 1. The highest BCUT2D eigenvalue weighted by Gasteiger charge is 2.16. The number of carbonyl (C=O) groups excluding carboxylic acids is 1. The molecule has 1 amide bonds. The van der Waals surface area contributed by atoms with Gasteiger partial charge in [0.05, 0.1) is 11.6 Å². The molecule has 0 aliphatic heterocycles. The van der Waals surface area contributed by atoms with Crippen molar-refractivity contribution in [2.75, 3.05) is 19.0 Å². The number of carbonyl (C=O) groups is 1. The first-order chi connectivity index (χ1) is 7.60. The molecule has 1 N–H and O–H groups in total. The van der Waals surface area contributed by atoms with Crippen LogP contribution in [-0.4, -0.2) is 26.0 Å². The van der Waals surface area contributed by atoms with Crippen LogP contribution in [0.25, 0.3) is 0 Å². The van der Waals surface area contributed by atoms with Crippen molar-refractivity contribution in [3.8, 4) is 6.07 Å². The largest absolute Gasteiger partial charge is 0.363 e. The Kier molecular flexibility index (Phi) is 3.90. The van der Waals surface area contributed by atoms with Crippen LogP contribution in [0.4, 0.5) is 5.69 Å². The van der Waals surface area contributed by atoms with Crippen molar-refractivity contribution in [3.63, 3.8) is 0 Å². The third-order valence-electron chi connectivity index (χ3n) is 2.61. The molecule has 1 aromatic rings. The number of benzene rings is 1. The lowest BCUT2D eigenvalue weighted by Gasteiger charge is -2.25. The Bertz CT molecular complexity index is 405. The molecular weight excluding hydrogens is 202 g/mol. The summed E-state index contributed by atoms with van der Waals surface area (Å²) >= 11 is 0. The van der Waals surface area contributed by atoms with Crippen LogP contribution in [0.1, 0.15) is 12.5 Å². The summed E-state index contributed by atoms with van der Waals surface area (Å²) in [6.07, 6.45) is 0. The molecular formula is C12H15N3O. The zero-order valence-electron chi connectivity index (χ0n) is 9.69. The number of nitriles is 1. The van der Waals surface area contributed by atoms with E-state index in [9.17, 15) is 4.79 Å². The monoisotopic (exact) mass is 217 g/mol. The van der Waals surface area contributed by atoms with Crippen LogP contribution in [0.15, 0.2) is 24.3 Å². The molecule has 4 nitrogen and oxygen atoms in total. The molecule has 0 spiro atoms. The van der Waals surface area contributed by atoms with Gasteiger partial charge in [0, 0.05) is 19.8 Å². The van der Waals surface area contributed by atoms with Crippen molar-refractivity contribution in [3.05, 3.63) is 29.8 Å². The zero-order chi connectivity index (χ0) is 12.1. The Hall–Kier alpha value is -2.02. The van der Waals surface area contributed by atoms with E-state index in [1.807, 2.05) is 31.0 Å². The van der Waals surface area contributed by atoms with E-state index in [0.29, 0.717) is 5.56 Å². The van der Waals surface area contributed by atoms with Gasteiger partial charge in [0.2, 0.25) is 5.91 Å². The predicted molar refractivity (Wildman–Crippen MR) is 63.1 cm³/mol. The molecule has 0 aromatic heterocycles. The minimum absolute atomic E-state index is 0.0353. The topological polar surface area (TPSA) is 56.1 Å². The van der Waals surface area contributed by atoms with Crippen molar-refractivity contribution in [2.45, 2.75) is 13.0 Å². The van der Waals surface area contributed by atoms with Gasteiger partial charge in [-0.3, -0.25) is 4.79 Å². The normalized spacial score (nSPS) is 11.4. The lowest BCUT2D eigenvalue weighted by atomic mass is 10.2. The first-order valence-electron chi connectivity index (χ1n) is 5.04. The van der Waals surface area contributed by atoms with Crippen LogP contribution in [0.5, 0.6) is 0 Å². The Labute approximate surface area is 95.5 Å². The Morgan fingerprint density at radius 3 is 2.44 bits per heavy atom. The molecule has 0 saturated heterocycles. The van der Waals surface area contributed by atoms with Gasteiger partial charge in [-0.1, -0.05) is 0 Å². The molecule has 0 aliphatic carbocycles. The third-order valence-corrected chi connectivity index (χ3v) is 2.61. The molecule has 1 atom stereocenters. The lowest BCUT2D eigenvalue weighted by Crippen LogP contribution is -2.41. The number of hydrogen-bond donors (Lipinski definition) is 1. The third kappa shape index (κ3) is 2.51. The first-order valence-corrected chi connectivity index (χ1v) is 5.04. The number of anilines is 1. The van der Waals surface area contributed by atoms with Crippen LogP contribution in [0, 0.1) is 11.3 Å². The molecule has 1 rings (SSSR count). The van der Waals surface area contributed by atoms with E-state index in [4.69, 9.17) is 5.26 Å². The van der Waals surface area contributed by atoms with Gasteiger partial charge in [0.25, 0.3) is 0 Å². The molecule has 0 radical (unpaired) electrons. The maximum Gasteiger partial charge on any atom is 0.242 e. The van der Waals surface area contributed by atoms with Crippen molar-refractivity contribution < 1.29 is 4.79 Å². The van der Waals surface area contributed by atoms with Crippen molar-refractivity contribution >= 4 is 11.6 Å². The number of rotatable bonds is 3. The molecule has 0 saturated carbocycles. The molecule has 1 unspecified atom stereocenters. The molecule has 0 heterocycles. The molecule has 84 valence electrons. The Balaban J connectivity index is 2.84. The fraction of sp³-hybridized carbons (Fsp3) is 0.333. The minimum atomic E-state index is -0.238. The number of hydrogen-bond acceptors (Lipinski definition) is 3. The van der Waals surface area contributed by atoms with Gasteiger partial charge >= 0.3 is 0 Å². The molecule has 1 aromatic carbocycles. The average Bonchev–Trinajstić information content (AvgIpc) is 2.36. The second-order valence-corrected chi connectivity index (χ2v) is 3.56. The van der Waals surface area contributed by atoms with Gasteiger partial charge in [-0.05, 0) is 31.2 Å². The van der Waals surface area contributed by atoms with Crippen LogP contribution >= 0.6 is 0 Å². The van der Waals surface area contributed by atoms with E-state index in [1.165, 1.54) is 0 Å². The summed E-state index contributed by atoms with van der Waals surface area (Å²) in [5, 5.41) is 11.3. The highest BCUT2D eigenvalue weighted by Crippen LogP contribution is 2.15. The van der Waals surface area contributed by atoms with Crippen LogP contribution in [-0.2, 0) is 4.79 Å². The maximum atomic E-state index is 11.4. The smallest absolute Gasteiger partial charge is 0.242 e. The summed E-state index contributed by atoms with van der Waals surface area (Å²) < 4.78 is 0. The fourth-order valence-corrected chi connectivity index (χ4v) is 1.38.